The Morgan fingerprint density at radius 3 is 2.52 bits per heavy atom. The van der Waals surface area contributed by atoms with Crippen molar-refractivity contribution in [2.75, 3.05) is 16.8 Å². The number of amides is 1. The van der Waals surface area contributed by atoms with Gasteiger partial charge in [-0.2, -0.15) is 13.2 Å². The Bertz CT molecular complexity index is 641. The molecule has 21 heavy (non-hydrogen) atoms. The molecule has 1 N–H and O–H groups in total. The number of ketones is 1. The summed E-state index contributed by atoms with van der Waals surface area (Å²) >= 11 is 6.02. The van der Waals surface area contributed by atoms with Crippen molar-refractivity contribution in [3.63, 3.8) is 0 Å². The van der Waals surface area contributed by atoms with Crippen LogP contribution >= 0.6 is 11.6 Å². The second-order valence-corrected chi connectivity index (χ2v) is 5.51. The molecule has 4 nitrogen and oxygen atoms in total. The fourth-order valence-electron chi connectivity index (χ4n) is 2.36. The molecule has 0 atom stereocenters. The van der Waals surface area contributed by atoms with Crippen molar-refractivity contribution in [3.05, 3.63) is 22.7 Å². The van der Waals surface area contributed by atoms with E-state index in [4.69, 9.17) is 11.6 Å². The number of Topliss-reactive ketones (excluding diaryl/α,β-unsaturated/α-hetero) is 1. The van der Waals surface area contributed by atoms with E-state index in [0.29, 0.717) is 12.8 Å². The molecule has 1 aromatic carbocycles. The third-order valence-corrected chi connectivity index (χ3v) is 3.74. The minimum absolute atomic E-state index is 0.0368. The van der Waals surface area contributed by atoms with E-state index in [1.54, 1.807) is 0 Å². The maximum atomic E-state index is 12.7. The van der Waals surface area contributed by atoms with Gasteiger partial charge in [0.2, 0.25) is 0 Å². The molecule has 3 rings (SSSR count). The zero-order valence-corrected chi connectivity index (χ0v) is 11.4. The van der Waals surface area contributed by atoms with Crippen molar-refractivity contribution in [2.24, 2.45) is 0 Å². The number of carbonyl (C=O) groups is 2. The molecule has 0 spiro atoms. The van der Waals surface area contributed by atoms with Crippen LogP contribution in [0.1, 0.15) is 23.2 Å². The Balaban J connectivity index is 2.00. The highest BCUT2D eigenvalue weighted by Gasteiger charge is 2.40. The van der Waals surface area contributed by atoms with Gasteiger partial charge in [-0.25, -0.2) is 0 Å². The molecule has 0 saturated heterocycles. The standard InChI is InChI=1S/C13H10ClF3N2O2/c14-8-3-7-9(18-12(21)11(7)20)4-10(8)19(6-1-2-6)5-13(15,16)17/h3-4,6H,1-2,5H2,(H,18,20,21). The van der Waals surface area contributed by atoms with Gasteiger partial charge in [0.25, 0.3) is 11.7 Å². The minimum Gasteiger partial charge on any atom is -0.358 e. The molecule has 0 bridgehead atoms. The Kier molecular flexibility index (Phi) is 3.12. The average Bonchev–Trinajstić information content (AvgIpc) is 3.16. The van der Waals surface area contributed by atoms with E-state index in [9.17, 15) is 22.8 Å². The van der Waals surface area contributed by atoms with Gasteiger partial charge in [-0.3, -0.25) is 9.59 Å². The number of anilines is 2. The molecule has 2 aliphatic rings. The largest absolute Gasteiger partial charge is 0.405 e. The fraction of sp³-hybridized carbons (Fsp3) is 0.385. The van der Waals surface area contributed by atoms with Gasteiger partial charge in [0, 0.05) is 6.04 Å². The number of hydrogen-bond donors (Lipinski definition) is 1. The molecule has 1 saturated carbocycles. The van der Waals surface area contributed by atoms with E-state index in [-0.39, 0.29) is 28.0 Å². The lowest BCUT2D eigenvalue weighted by atomic mass is 10.1. The average molecular weight is 319 g/mol. The van der Waals surface area contributed by atoms with E-state index in [2.05, 4.69) is 5.32 Å². The first kappa shape index (κ1) is 14.2. The van der Waals surface area contributed by atoms with Crippen molar-refractivity contribution in [2.45, 2.75) is 25.1 Å². The van der Waals surface area contributed by atoms with E-state index in [0.717, 1.165) is 0 Å². The normalized spacial score (nSPS) is 17.7. The maximum Gasteiger partial charge on any atom is 0.405 e. The molecule has 1 aliphatic heterocycles. The highest BCUT2D eigenvalue weighted by Crippen LogP contribution is 2.41. The molecule has 1 fully saturated rings. The first-order chi connectivity index (χ1) is 9.76. The minimum atomic E-state index is -4.36. The Morgan fingerprint density at radius 2 is 1.95 bits per heavy atom. The molecule has 1 aromatic rings. The summed E-state index contributed by atoms with van der Waals surface area (Å²) in [6.45, 7) is -1.11. The summed E-state index contributed by atoms with van der Waals surface area (Å²) in [7, 11) is 0. The molecule has 0 aromatic heterocycles. The number of alkyl halides is 3. The third kappa shape index (κ3) is 2.70. The van der Waals surface area contributed by atoms with Crippen molar-refractivity contribution in [1.29, 1.82) is 0 Å². The van der Waals surface area contributed by atoms with Crippen LogP contribution < -0.4 is 10.2 Å². The lowest BCUT2D eigenvalue weighted by Gasteiger charge is -2.27. The van der Waals surface area contributed by atoms with E-state index < -0.39 is 24.4 Å². The predicted octanol–water partition coefficient (Wildman–Crippen LogP) is 3.01. The summed E-state index contributed by atoms with van der Waals surface area (Å²) in [5.74, 6) is -1.53. The van der Waals surface area contributed by atoms with Crippen molar-refractivity contribution < 1.29 is 22.8 Å². The molecule has 8 heteroatoms. The number of halogens is 4. The Morgan fingerprint density at radius 1 is 1.29 bits per heavy atom. The van der Waals surface area contributed by atoms with Crippen LogP contribution in [0, 0.1) is 0 Å². The van der Waals surface area contributed by atoms with Crippen molar-refractivity contribution in [1.82, 2.24) is 0 Å². The number of carbonyl (C=O) groups excluding carboxylic acids is 2. The molecule has 0 unspecified atom stereocenters. The number of hydrogen-bond acceptors (Lipinski definition) is 3. The molecular weight excluding hydrogens is 309 g/mol. The monoisotopic (exact) mass is 318 g/mol. The van der Waals surface area contributed by atoms with Gasteiger partial charge in [-0.05, 0) is 25.0 Å². The maximum absolute atomic E-state index is 12.7. The van der Waals surface area contributed by atoms with Crippen LogP contribution in [-0.2, 0) is 4.79 Å². The number of nitrogens with one attached hydrogen (secondary N) is 1. The SMILES string of the molecule is O=C1Nc2cc(N(CC(F)(F)F)C3CC3)c(Cl)cc2C1=O. The van der Waals surface area contributed by atoms with E-state index in [1.165, 1.54) is 17.0 Å². The first-order valence-corrected chi connectivity index (χ1v) is 6.66. The van der Waals surface area contributed by atoms with Crippen molar-refractivity contribution >= 4 is 34.7 Å². The molecule has 1 heterocycles. The van der Waals surface area contributed by atoms with Gasteiger partial charge in [-0.15, -0.1) is 0 Å². The van der Waals surface area contributed by atoms with E-state index >= 15 is 0 Å². The number of nitrogens with zero attached hydrogens (tertiary/aromatic N) is 1. The van der Waals surface area contributed by atoms with Crippen LogP contribution in [0.2, 0.25) is 5.02 Å². The summed E-state index contributed by atoms with van der Waals surface area (Å²) in [5, 5.41) is 2.37. The van der Waals surface area contributed by atoms with Gasteiger partial charge in [0.1, 0.15) is 6.54 Å². The summed E-state index contributed by atoms with van der Waals surface area (Å²) in [5.41, 5.74) is 0.485. The first-order valence-electron chi connectivity index (χ1n) is 6.29. The summed E-state index contributed by atoms with van der Waals surface area (Å²) in [6.07, 6.45) is -3.03. The lowest BCUT2D eigenvalue weighted by Crippen LogP contribution is -2.36. The van der Waals surface area contributed by atoms with Gasteiger partial charge in [0.05, 0.1) is 22.0 Å². The molecule has 1 amide bonds. The summed E-state index contributed by atoms with van der Waals surface area (Å²) < 4.78 is 38.1. The highest BCUT2D eigenvalue weighted by atomic mass is 35.5. The van der Waals surface area contributed by atoms with Crippen molar-refractivity contribution in [3.8, 4) is 0 Å². The zero-order valence-electron chi connectivity index (χ0n) is 10.6. The smallest absolute Gasteiger partial charge is 0.358 e. The van der Waals surface area contributed by atoms with Crippen LogP contribution in [-0.4, -0.2) is 30.5 Å². The predicted molar refractivity (Wildman–Crippen MR) is 70.8 cm³/mol. The highest BCUT2D eigenvalue weighted by molar-refractivity contribution is 6.52. The Hall–Kier alpha value is -1.76. The van der Waals surface area contributed by atoms with Gasteiger partial charge in [0.15, 0.2) is 0 Å². The third-order valence-electron chi connectivity index (χ3n) is 3.43. The second-order valence-electron chi connectivity index (χ2n) is 5.11. The van der Waals surface area contributed by atoms with Crippen LogP contribution in [0.15, 0.2) is 12.1 Å². The van der Waals surface area contributed by atoms with Crippen LogP contribution in [0.25, 0.3) is 0 Å². The number of benzene rings is 1. The molecule has 112 valence electrons. The number of fused-ring (bicyclic) bond motifs is 1. The lowest BCUT2D eigenvalue weighted by molar-refractivity contribution is -0.120. The number of rotatable bonds is 3. The summed E-state index contributed by atoms with van der Waals surface area (Å²) in [6, 6.07) is 2.37. The summed E-state index contributed by atoms with van der Waals surface area (Å²) in [4.78, 5) is 24.0. The van der Waals surface area contributed by atoms with Crippen LogP contribution in [0.4, 0.5) is 24.5 Å². The second kappa shape index (κ2) is 4.62. The van der Waals surface area contributed by atoms with Gasteiger partial charge in [-0.1, -0.05) is 11.6 Å². The van der Waals surface area contributed by atoms with Crippen LogP contribution in [0.3, 0.4) is 0 Å². The molecular formula is C13H10ClF3N2O2. The van der Waals surface area contributed by atoms with Gasteiger partial charge < -0.3 is 10.2 Å². The van der Waals surface area contributed by atoms with Gasteiger partial charge >= 0.3 is 6.18 Å². The van der Waals surface area contributed by atoms with E-state index in [1.807, 2.05) is 0 Å². The molecule has 0 radical (unpaired) electrons. The fourth-order valence-corrected chi connectivity index (χ4v) is 2.64. The molecule has 1 aliphatic carbocycles. The quantitative estimate of drug-likeness (QED) is 0.872. The Labute approximate surface area is 122 Å². The zero-order chi connectivity index (χ0) is 15.4. The topological polar surface area (TPSA) is 49.4 Å². The van der Waals surface area contributed by atoms with Crippen LogP contribution in [0.5, 0.6) is 0 Å².